The number of sulfonamides is 1. The number of amides is 1. The fourth-order valence-corrected chi connectivity index (χ4v) is 4.63. The first-order chi connectivity index (χ1) is 14.9. The summed E-state index contributed by atoms with van der Waals surface area (Å²) in [5.41, 5.74) is 2.73. The molecular formula is C24H29N3O4S. The van der Waals surface area contributed by atoms with Crippen LogP contribution in [0.5, 0.6) is 0 Å². The van der Waals surface area contributed by atoms with Gasteiger partial charge in [-0.2, -0.15) is 0 Å². The van der Waals surface area contributed by atoms with Crippen LogP contribution in [-0.4, -0.2) is 31.4 Å². The second kappa shape index (κ2) is 8.78. The van der Waals surface area contributed by atoms with Gasteiger partial charge in [-0.3, -0.25) is 9.52 Å². The molecule has 0 atom stereocenters. The lowest BCUT2D eigenvalue weighted by atomic mass is 9.87. The number of hydrogen-bond acceptors (Lipinski definition) is 5. The highest BCUT2D eigenvalue weighted by molar-refractivity contribution is 7.92. The summed E-state index contributed by atoms with van der Waals surface area (Å²) in [6.45, 7) is 9.94. The molecule has 8 heteroatoms. The highest BCUT2D eigenvalue weighted by Gasteiger charge is 2.22. The molecule has 3 aromatic rings. The summed E-state index contributed by atoms with van der Waals surface area (Å²) in [5, 5.41) is 3.90. The topological polar surface area (TPSA) is 92.5 Å². The quantitative estimate of drug-likeness (QED) is 0.583. The van der Waals surface area contributed by atoms with E-state index < -0.39 is 10.0 Å². The van der Waals surface area contributed by atoms with E-state index in [1.54, 1.807) is 51.2 Å². The number of nitrogens with one attached hydrogen (secondary N) is 1. The lowest BCUT2D eigenvalue weighted by Gasteiger charge is -2.21. The summed E-state index contributed by atoms with van der Waals surface area (Å²) in [7, 11) is -2.18. The minimum absolute atomic E-state index is 0.183. The average Bonchev–Trinajstić information content (AvgIpc) is 3.11. The zero-order valence-electron chi connectivity index (χ0n) is 19.3. The minimum atomic E-state index is -3.83. The van der Waals surface area contributed by atoms with Crippen LogP contribution in [0.1, 0.15) is 53.7 Å². The average molecular weight is 456 g/mol. The molecule has 0 radical (unpaired) electrons. The molecule has 0 saturated carbocycles. The van der Waals surface area contributed by atoms with Crippen LogP contribution < -0.4 is 4.72 Å². The number of anilines is 1. The summed E-state index contributed by atoms with van der Waals surface area (Å²) >= 11 is 0. The molecule has 170 valence electrons. The van der Waals surface area contributed by atoms with Gasteiger partial charge in [0.15, 0.2) is 0 Å². The Balaban J connectivity index is 1.83. The Hall–Kier alpha value is -3.13. The predicted molar refractivity (Wildman–Crippen MR) is 124 cm³/mol. The van der Waals surface area contributed by atoms with Gasteiger partial charge in [-0.1, -0.05) is 44.1 Å². The third-order valence-electron chi connectivity index (χ3n) is 5.13. The largest absolute Gasteiger partial charge is 0.361 e. The molecule has 0 aliphatic heterocycles. The van der Waals surface area contributed by atoms with Crippen molar-refractivity contribution in [2.75, 3.05) is 11.8 Å². The van der Waals surface area contributed by atoms with Gasteiger partial charge in [0.25, 0.3) is 15.9 Å². The Morgan fingerprint density at radius 1 is 1.09 bits per heavy atom. The molecule has 7 nitrogen and oxygen atoms in total. The summed E-state index contributed by atoms with van der Waals surface area (Å²) in [5.74, 6) is 0.417. The number of nitrogens with zero attached hydrogens (tertiary/aromatic N) is 2. The maximum Gasteiger partial charge on any atom is 0.262 e. The number of aromatic nitrogens is 1. The molecule has 0 saturated heterocycles. The van der Waals surface area contributed by atoms with Crippen molar-refractivity contribution in [3.05, 3.63) is 76.7 Å². The molecule has 1 aromatic heterocycles. The first-order valence-electron chi connectivity index (χ1n) is 10.3. The van der Waals surface area contributed by atoms with Crippen LogP contribution in [0.15, 0.2) is 57.9 Å². The molecule has 0 bridgehead atoms. The molecule has 1 amide bonds. The lowest BCUT2D eigenvalue weighted by molar-refractivity contribution is 0.0782. The van der Waals surface area contributed by atoms with Gasteiger partial charge in [-0.25, -0.2) is 8.42 Å². The van der Waals surface area contributed by atoms with E-state index in [-0.39, 0.29) is 22.8 Å². The molecule has 3 rings (SSSR count). The van der Waals surface area contributed by atoms with Crippen molar-refractivity contribution < 1.29 is 17.7 Å². The van der Waals surface area contributed by atoms with Gasteiger partial charge in [0.1, 0.15) is 11.5 Å². The molecule has 0 spiro atoms. The van der Waals surface area contributed by atoms with Crippen LogP contribution in [0, 0.1) is 13.8 Å². The van der Waals surface area contributed by atoms with E-state index in [1.165, 1.54) is 11.0 Å². The Kier molecular flexibility index (Phi) is 6.46. The summed E-state index contributed by atoms with van der Waals surface area (Å²) in [6.07, 6.45) is 0. The van der Waals surface area contributed by atoms with Crippen LogP contribution in [0.2, 0.25) is 0 Å². The molecule has 2 aromatic carbocycles. The van der Waals surface area contributed by atoms with Crippen LogP contribution in [-0.2, 0) is 22.0 Å². The third-order valence-corrected chi connectivity index (χ3v) is 6.65. The van der Waals surface area contributed by atoms with Crippen molar-refractivity contribution >= 4 is 21.6 Å². The Morgan fingerprint density at radius 3 is 2.44 bits per heavy atom. The number of hydrogen-bond donors (Lipinski definition) is 1. The first-order valence-corrected chi connectivity index (χ1v) is 11.8. The van der Waals surface area contributed by atoms with Gasteiger partial charge in [-0.05, 0) is 54.7 Å². The summed E-state index contributed by atoms with van der Waals surface area (Å²) in [4.78, 5) is 14.6. The smallest absolute Gasteiger partial charge is 0.262 e. The molecule has 1 N–H and O–H groups in total. The Bertz CT molecular complexity index is 1240. The van der Waals surface area contributed by atoms with E-state index in [2.05, 4.69) is 9.88 Å². The number of benzene rings is 2. The van der Waals surface area contributed by atoms with Crippen molar-refractivity contribution in [3.63, 3.8) is 0 Å². The second-order valence-electron chi connectivity index (χ2n) is 9.01. The van der Waals surface area contributed by atoms with Crippen LogP contribution in [0.25, 0.3) is 0 Å². The number of aryl methyl sites for hydroxylation is 2. The van der Waals surface area contributed by atoms with Gasteiger partial charge in [-0.15, -0.1) is 0 Å². The fraction of sp³-hybridized carbons (Fsp3) is 0.333. The van der Waals surface area contributed by atoms with Crippen molar-refractivity contribution in [1.82, 2.24) is 10.1 Å². The van der Waals surface area contributed by atoms with Crippen molar-refractivity contribution in [2.24, 2.45) is 0 Å². The maximum atomic E-state index is 13.1. The van der Waals surface area contributed by atoms with Gasteiger partial charge in [0, 0.05) is 24.4 Å². The van der Waals surface area contributed by atoms with Crippen LogP contribution in [0.3, 0.4) is 0 Å². The van der Waals surface area contributed by atoms with Crippen LogP contribution >= 0.6 is 0 Å². The van der Waals surface area contributed by atoms with Gasteiger partial charge in [0.2, 0.25) is 0 Å². The molecule has 32 heavy (non-hydrogen) atoms. The zero-order valence-corrected chi connectivity index (χ0v) is 20.1. The number of carbonyl (C=O) groups is 1. The lowest BCUT2D eigenvalue weighted by Crippen LogP contribution is -2.26. The molecule has 0 unspecified atom stereocenters. The highest BCUT2D eigenvalue weighted by Crippen LogP contribution is 2.28. The fourth-order valence-electron chi connectivity index (χ4n) is 3.31. The van der Waals surface area contributed by atoms with Crippen molar-refractivity contribution in [1.29, 1.82) is 0 Å². The van der Waals surface area contributed by atoms with E-state index in [1.807, 2.05) is 32.9 Å². The molecule has 1 heterocycles. The predicted octanol–water partition coefficient (Wildman–Crippen LogP) is 4.66. The van der Waals surface area contributed by atoms with Crippen molar-refractivity contribution in [3.8, 4) is 0 Å². The van der Waals surface area contributed by atoms with Gasteiger partial charge >= 0.3 is 0 Å². The van der Waals surface area contributed by atoms with E-state index >= 15 is 0 Å². The standard InChI is InChI=1S/C24H29N3O4S/c1-16-10-11-19(24(3,4)5)14-22(16)32(29,30)26-20-9-7-8-18(13-20)23(28)27(6)15-21-12-17(2)31-25-21/h7-14,26H,15H2,1-6H3. The monoisotopic (exact) mass is 455 g/mol. The molecular weight excluding hydrogens is 426 g/mol. The third kappa shape index (κ3) is 5.37. The highest BCUT2D eigenvalue weighted by atomic mass is 32.2. The normalized spacial score (nSPS) is 11.9. The maximum absolute atomic E-state index is 13.1. The van der Waals surface area contributed by atoms with Gasteiger partial charge in [0.05, 0.1) is 11.4 Å². The molecule has 0 aliphatic rings. The zero-order chi connectivity index (χ0) is 23.7. The van der Waals surface area contributed by atoms with Crippen molar-refractivity contribution in [2.45, 2.75) is 51.5 Å². The molecule has 0 fully saturated rings. The first kappa shape index (κ1) is 23.5. The van der Waals surface area contributed by atoms with E-state index in [9.17, 15) is 13.2 Å². The van der Waals surface area contributed by atoms with E-state index in [4.69, 9.17) is 4.52 Å². The second-order valence-corrected chi connectivity index (χ2v) is 10.7. The summed E-state index contributed by atoms with van der Waals surface area (Å²) in [6, 6.07) is 13.7. The molecule has 0 aliphatic carbocycles. The van der Waals surface area contributed by atoms with E-state index in [0.717, 1.165) is 5.56 Å². The van der Waals surface area contributed by atoms with Gasteiger partial charge < -0.3 is 9.42 Å². The SMILES string of the molecule is Cc1cc(CN(C)C(=O)c2cccc(NS(=O)(=O)c3cc(C(C)(C)C)ccc3C)c2)no1. The number of carbonyl (C=O) groups excluding carboxylic acids is 1. The summed E-state index contributed by atoms with van der Waals surface area (Å²) < 4.78 is 33.9. The van der Waals surface area contributed by atoms with Crippen LogP contribution in [0.4, 0.5) is 5.69 Å². The minimum Gasteiger partial charge on any atom is -0.361 e. The number of rotatable bonds is 6. The van der Waals surface area contributed by atoms with E-state index in [0.29, 0.717) is 28.3 Å². The Morgan fingerprint density at radius 2 is 1.81 bits per heavy atom. The Labute approximate surface area is 189 Å².